The molecule has 1 aliphatic heterocycles. The zero-order chi connectivity index (χ0) is 25.2. The van der Waals surface area contributed by atoms with Crippen LogP contribution < -0.4 is 4.74 Å². The molecular weight excluding hydrogens is 432 g/mol. The number of aliphatic hydroxyl groups is 1. The normalized spacial score (nSPS) is 34.5. The minimum Gasteiger partial charge on any atom is -0.507 e. The van der Waals surface area contributed by atoms with Crippen LogP contribution >= 0.6 is 0 Å². The zero-order valence-corrected chi connectivity index (χ0v) is 20.6. The van der Waals surface area contributed by atoms with Crippen molar-refractivity contribution in [1.29, 1.82) is 0 Å². The molecule has 3 N–H and O–H groups in total. The lowest BCUT2D eigenvalue weighted by Gasteiger charge is -2.62. The van der Waals surface area contributed by atoms with Crippen LogP contribution in [0.4, 0.5) is 0 Å². The fraction of sp³-hybridized carbons (Fsp3) is 0.571. The van der Waals surface area contributed by atoms with Crippen LogP contribution in [-0.4, -0.2) is 39.6 Å². The van der Waals surface area contributed by atoms with Crippen LogP contribution in [0.3, 0.4) is 0 Å². The minimum absolute atomic E-state index is 0.00232. The number of allylic oxidation sites excluding steroid dienone is 1. The largest absolute Gasteiger partial charge is 0.507 e. The lowest BCUT2D eigenvalue weighted by molar-refractivity contribution is -0.168. The van der Waals surface area contributed by atoms with Gasteiger partial charge in [-0.1, -0.05) is 39.5 Å². The molecular formula is C28H36O6. The Morgan fingerprint density at radius 1 is 1.18 bits per heavy atom. The number of rotatable bonds is 5. The van der Waals surface area contributed by atoms with Gasteiger partial charge in [0.2, 0.25) is 0 Å². The van der Waals surface area contributed by atoms with Crippen molar-refractivity contribution >= 4 is 12.6 Å². The first-order valence-electron chi connectivity index (χ1n) is 12.2. The molecule has 0 aromatic heterocycles. The number of phenols is 2. The number of hydrogen-bond donors (Lipinski definition) is 3. The van der Waals surface area contributed by atoms with E-state index in [1.54, 1.807) is 0 Å². The van der Waals surface area contributed by atoms with E-state index in [0.29, 0.717) is 43.8 Å². The maximum Gasteiger partial charge on any atom is 0.157 e. The van der Waals surface area contributed by atoms with Crippen LogP contribution in [0.1, 0.15) is 92.0 Å². The predicted octanol–water partition coefficient (Wildman–Crippen LogP) is 5.30. The lowest BCUT2D eigenvalue weighted by Crippen LogP contribution is -2.64. The van der Waals surface area contributed by atoms with Crippen molar-refractivity contribution in [2.75, 3.05) is 0 Å². The predicted molar refractivity (Wildman–Crippen MR) is 130 cm³/mol. The minimum atomic E-state index is -1.12. The van der Waals surface area contributed by atoms with Gasteiger partial charge in [0.15, 0.2) is 12.6 Å². The molecule has 6 nitrogen and oxygen atoms in total. The second kappa shape index (κ2) is 8.26. The van der Waals surface area contributed by atoms with Gasteiger partial charge < -0.3 is 20.1 Å². The Bertz CT molecular complexity index is 1070. The monoisotopic (exact) mass is 468 g/mol. The molecule has 1 heterocycles. The van der Waals surface area contributed by atoms with Gasteiger partial charge in [-0.15, -0.1) is 0 Å². The second-order valence-electron chi connectivity index (χ2n) is 11.3. The number of carbonyl (C=O) groups is 2. The van der Waals surface area contributed by atoms with Crippen LogP contribution in [0.5, 0.6) is 17.2 Å². The number of phenolic OH excluding ortho intramolecular Hbond substituents is 2. The number of fused-ring (bicyclic) bond motifs is 4. The van der Waals surface area contributed by atoms with Crippen molar-refractivity contribution in [3.8, 4) is 17.2 Å². The van der Waals surface area contributed by atoms with E-state index in [1.807, 2.05) is 6.92 Å². The molecule has 2 saturated carbocycles. The number of aldehydes is 2. The maximum atomic E-state index is 12.1. The molecule has 0 saturated heterocycles. The number of ether oxygens (including phenoxy) is 1. The van der Waals surface area contributed by atoms with Crippen molar-refractivity contribution in [2.45, 2.75) is 77.4 Å². The van der Waals surface area contributed by atoms with E-state index in [-0.39, 0.29) is 46.3 Å². The van der Waals surface area contributed by atoms with E-state index in [9.17, 15) is 24.9 Å². The van der Waals surface area contributed by atoms with Crippen molar-refractivity contribution in [2.24, 2.45) is 23.2 Å². The van der Waals surface area contributed by atoms with Crippen LogP contribution in [0.25, 0.3) is 0 Å². The van der Waals surface area contributed by atoms with Gasteiger partial charge in [0.1, 0.15) is 23.4 Å². The summed E-state index contributed by atoms with van der Waals surface area (Å²) in [6.07, 6.45) is 3.69. The molecule has 184 valence electrons. The Labute approximate surface area is 201 Å². The molecule has 34 heavy (non-hydrogen) atoms. The van der Waals surface area contributed by atoms with Gasteiger partial charge >= 0.3 is 0 Å². The average molecular weight is 469 g/mol. The van der Waals surface area contributed by atoms with Crippen molar-refractivity contribution in [3.63, 3.8) is 0 Å². The fourth-order valence-corrected chi connectivity index (χ4v) is 6.99. The van der Waals surface area contributed by atoms with E-state index in [1.165, 1.54) is 0 Å². The summed E-state index contributed by atoms with van der Waals surface area (Å²) < 4.78 is 6.59. The molecule has 1 aromatic carbocycles. The van der Waals surface area contributed by atoms with Crippen LogP contribution in [0.2, 0.25) is 0 Å². The average Bonchev–Trinajstić information content (AvgIpc) is 2.76. The molecule has 1 aromatic rings. The Morgan fingerprint density at radius 3 is 2.38 bits per heavy atom. The van der Waals surface area contributed by atoms with E-state index >= 15 is 0 Å². The SMILES string of the molecule is C=C(C)C1CCC(=C)C2(O)CCC3(C)C(CC(C)C)c4c(O)c(C=O)c(O)c(C=O)c4OC3C12. The molecule has 0 bridgehead atoms. The Morgan fingerprint density at radius 2 is 1.82 bits per heavy atom. The number of aromatic hydroxyl groups is 2. The van der Waals surface area contributed by atoms with Gasteiger partial charge in [0.05, 0.1) is 16.7 Å². The van der Waals surface area contributed by atoms with Crippen molar-refractivity contribution < 1.29 is 29.6 Å². The molecule has 6 heteroatoms. The van der Waals surface area contributed by atoms with Gasteiger partial charge in [-0.3, -0.25) is 9.59 Å². The molecule has 0 spiro atoms. The highest BCUT2D eigenvalue weighted by atomic mass is 16.5. The third-order valence-electron chi connectivity index (χ3n) is 8.85. The topological polar surface area (TPSA) is 104 Å². The number of hydrogen-bond acceptors (Lipinski definition) is 6. The molecule has 3 aliphatic rings. The molecule has 4 rings (SSSR count). The van der Waals surface area contributed by atoms with Crippen molar-refractivity contribution in [1.82, 2.24) is 0 Å². The number of carbonyl (C=O) groups excluding carboxylic acids is 2. The standard InChI is InChI=1S/C28H36O6/c1-14(2)11-20-21-24(32)18(12-29)23(31)19(13-30)25(21)34-26-22-17(15(3)4)8-7-16(5)28(22,33)10-9-27(20,26)6/h12-14,17,20,22,26,31-33H,3,5,7-11H2,1-2,4,6H3. The molecule has 2 aliphatic carbocycles. The van der Waals surface area contributed by atoms with E-state index in [2.05, 4.69) is 33.9 Å². The first kappa shape index (κ1) is 24.5. The molecule has 0 radical (unpaired) electrons. The highest BCUT2D eigenvalue weighted by Gasteiger charge is 2.64. The summed E-state index contributed by atoms with van der Waals surface area (Å²) in [6, 6.07) is 0. The van der Waals surface area contributed by atoms with Gasteiger partial charge in [-0.2, -0.15) is 0 Å². The first-order chi connectivity index (χ1) is 15.9. The third-order valence-corrected chi connectivity index (χ3v) is 8.85. The second-order valence-corrected chi connectivity index (χ2v) is 11.3. The summed E-state index contributed by atoms with van der Waals surface area (Å²) in [7, 11) is 0. The van der Waals surface area contributed by atoms with Gasteiger partial charge in [0.25, 0.3) is 0 Å². The Kier molecular flexibility index (Phi) is 5.96. The summed E-state index contributed by atoms with van der Waals surface area (Å²) in [5.41, 5.74) is 0.118. The molecule has 0 amide bonds. The quantitative estimate of drug-likeness (QED) is 0.400. The van der Waals surface area contributed by atoms with Gasteiger partial charge in [-0.05, 0) is 56.4 Å². The summed E-state index contributed by atoms with van der Waals surface area (Å²) in [5.74, 6) is -1.12. The van der Waals surface area contributed by atoms with Gasteiger partial charge in [-0.25, -0.2) is 0 Å². The third kappa shape index (κ3) is 3.25. The fourth-order valence-electron chi connectivity index (χ4n) is 6.99. The summed E-state index contributed by atoms with van der Waals surface area (Å²) in [6.45, 7) is 16.7. The lowest BCUT2D eigenvalue weighted by atomic mass is 9.48. The van der Waals surface area contributed by atoms with Crippen LogP contribution in [0, 0.1) is 23.2 Å². The van der Waals surface area contributed by atoms with Gasteiger partial charge in [0, 0.05) is 22.8 Å². The highest BCUT2D eigenvalue weighted by Crippen LogP contribution is 2.65. The zero-order valence-electron chi connectivity index (χ0n) is 20.6. The van der Waals surface area contributed by atoms with E-state index in [4.69, 9.17) is 4.74 Å². The number of benzene rings is 1. The van der Waals surface area contributed by atoms with Crippen molar-refractivity contribution in [3.05, 3.63) is 41.0 Å². The van der Waals surface area contributed by atoms with E-state index in [0.717, 1.165) is 17.6 Å². The highest BCUT2D eigenvalue weighted by molar-refractivity contribution is 5.95. The summed E-state index contributed by atoms with van der Waals surface area (Å²) in [5, 5.41) is 33.7. The van der Waals surface area contributed by atoms with Crippen LogP contribution in [-0.2, 0) is 0 Å². The first-order valence-corrected chi connectivity index (χ1v) is 12.2. The van der Waals surface area contributed by atoms with Crippen LogP contribution in [0.15, 0.2) is 24.3 Å². The molecule has 2 fully saturated rings. The smallest absolute Gasteiger partial charge is 0.157 e. The Hall–Kier alpha value is -2.60. The maximum absolute atomic E-state index is 12.1. The molecule has 6 unspecified atom stereocenters. The van der Waals surface area contributed by atoms with E-state index < -0.39 is 22.9 Å². The summed E-state index contributed by atoms with van der Waals surface area (Å²) >= 11 is 0. The Balaban J connectivity index is 2.02. The summed E-state index contributed by atoms with van der Waals surface area (Å²) in [4.78, 5) is 23.9. The molecule has 6 atom stereocenters.